The highest BCUT2D eigenvalue weighted by Gasteiger charge is 2.33. The Labute approximate surface area is 255 Å². The van der Waals surface area contributed by atoms with Gasteiger partial charge in [-0.25, -0.2) is 4.79 Å². The van der Waals surface area contributed by atoms with Crippen LogP contribution >= 0.6 is 0 Å². The summed E-state index contributed by atoms with van der Waals surface area (Å²) in [6.07, 6.45) is 7.17. The van der Waals surface area contributed by atoms with Gasteiger partial charge < -0.3 is 28.7 Å². The number of rotatable bonds is 7. The SMILES string of the molecule is COc1cc(C2CN(C)C(=O)c3cnccc32)cc(OC)c1CN1CCC(OC2CCN(C(=O)OC(C)(C)C)CC2)CC1. The number of piperidine rings is 2. The zero-order valence-corrected chi connectivity index (χ0v) is 26.4. The van der Waals surface area contributed by atoms with E-state index in [-0.39, 0.29) is 30.1 Å². The molecule has 1 aromatic carbocycles. The number of benzene rings is 1. The van der Waals surface area contributed by atoms with Crippen molar-refractivity contribution >= 4 is 12.0 Å². The lowest BCUT2D eigenvalue weighted by Crippen LogP contribution is -2.45. The van der Waals surface area contributed by atoms with E-state index in [9.17, 15) is 9.59 Å². The van der Waals surface area contributed by atoms with Crippen molar-refractivity contribution in [3.8, 4) is 11.5 Å². The van der Waals surface area contributed by atoms with Crippen molar-refractivity contribution in [2.75, 3.05) is 54.0 Å². The Bertz CT molecular complexity index is 1270. The third-order valence-electron chi connectivity index (χ3n) is 8.69. The molecule has 1 unspecified atom stereocenters. The van der Waals surface area contributed by atoms with E-state index < -0.39 is 5.60 Å². The van der Waals surface area contributed by atoms with Gasteiger partial charge in [-0.3, -0.25) is 14.7 Å². The van der Waals surface area contributed by atoms with Crippen molar-refractivity contribution in [2.45, 2.75) is 76.7 Å². The number of amides is 2. The molecule has 0 saturated carbocycles. The Morgan fingerprint density at radius 3 is 2.16 bits per heavy atom. The Morgan fingerprint density at radius 1 is 0.977 bits per heavy atom. The Balaban J connectivity index is 1.19. The number of hydrogen-bond donors (Lipinski definition) is 0. The number of nitrogens with zero attached hydrogens (tertiary/aromatic N) is 4. The summed E-state index contributed by atoms with van der Waals surface area (Å²) in [4.78, 5) is 35.3. The van der Waals surface area contributed by atoms with Crippen LogP contribution < -0.4 is 9.47 Å². The highest BCUT2D eigenvalue weighted by Crippen LogP contribution is 2.39. The number of hydrogen-bond acceptors (Lipinski definition) is 8. The minimum absolute atomic E-state index is 0.00134. The third-order valence-corrected chi connectivity index (χ3v) is 8.69. The number of likely N-dealkylation sites (N-methyl/N-ethyl adjacent to an activating group) is 1. The summed E-state index contributed by atoms with van der Waals surface area (Å²) in [5.74, 6) is 1.58. The van der Waals surface area contributed by atoms with E-state index in [0.29, 0.717) is 25.2 Å². The van der Waals surface area contributed by atoms with E-state index >= 15 is 0 Å². The summed E-state index contributed by atoms with van der Waals surface area (Å²) < 4.78 is 23.8. The third kappa shape index (κ3) is 7.24. The summed E-state index contributed by atoms with van der Waals surface area (Å²) in [5.41, 5.74) is 3.22. The molecule has 0 bridgehead atoms. The molecular weight excluding hydrogens is 548 g/mol. The van der Waals surface area contributed by atoms with Crippen molar-refractivity contribution in [1.82, 2.24) is 19.7 Å². The predicted molar refractivity (Wildman–Crippen MR) is 163 cm³/mol. The van der Waals surface area contributed by atoms with E-state index in [1.54, 1.807) is 36.4 Å². The van der Waals surface area contributed by atoms with Crippen molar-refractivity contribution < 1.29 is 28.5 Å². The van der Waals surface area contributed by atoms with E-state index in [2.05, 4.69) is 22.0 Å². The molecule has 2 saturated heterocycles. The van der Waals surface area contributed by atoms with Crippen molar-refractivity contribution in [1.29, 1.82) is 0 Å². The van der Waals surface area contributed by atoms with Crippen LogP contribution in [0, 0.1) is 0 Å². The number of methoxy groups -OCH3 is 2. The van der Waals surface area contributed by atoms with Gasteiger partial charge in [0.25, 0.3) is 5.91 Å². The average Bonchev–Trinajstić information content (AvgIpc) is 2.99. The zero-order chi connectivity index (χ0) is 30.7. The van der Waals surface area contributed by atoms with Gasteiger partial charge >= 0.3 is 6.09 Å². The van der Waals surface area contributed by atoms with Crippen molar-refractivity contribution in [3.05, 3.63) is 52.8 Å². The Morgan fingerprint density at radius 2 is 1.58 bits per heavy atom. The van der Waals surface area contributed by atoms with Crippen LogP contribution in [0.25, 0.3) is 0 Å². The molecule has 3 aliphatic heterocycles. The summed E-state index contributed by atoms with van der Waals surface area (Å²) in [5, 5.41) is 0. The maximum absolute atomic E-state index is 12.7. The minimum atomic E-state index is -0.479. The Kier molecular flexibility index (Phi) is 9.46. The first kappa shape index (κ1) is 31.1. The molecule has 2 amide bonds. The quantitative estimate of drug-likeness (QED) is 0.456. The highest BCUT2D eigenvalue weighted by atomic mass is 16.6. The molecule has 10 nitrogen and oxygen atoms in total. The second-order valence-electron chi connectivity index (χ2n) is 12.9. The van der Waals surface area contributed by atoms with E-state index in [4.69, 9.17) is 18.9 Å². The van der Waals surface area contributed by atoms with E-state index in [0.717, 1.165) is 73.5 Å². The molecule has 2 aromatic rings. The fourth-order valence-electron chi connectivity index (χ4n) is 6.40. The second-order valence-corrected chi connectivity index (χ2v) is 12.9. The normalized spacial score (nSPS) is 20.6. The van der Waals surface area contributed by atoms with Gasteiger partial charge in [0, 0.05) is 64.6 Å². The van der Waals surface area contributed by atoms with Gasteiger partial charge in [-0.15, -0.1) is 0 Å². The summed E-state index contributed by atoms with van der Waals surface area (Å²) in [6, 6.07) is 6.13. The second kappa shape index (κ2) is 13.1. The van der Waals surface area contributed by atoms with Crippen LogP contribution in [0.2, 0.25) is 0 Å². The van der Waals surface area contributed by atoms with Crippen LogP contribution in [0.15, 0.2) is 30.6 Å². The maximum Gasteiger partial charge on any atom is 0.410 e. The summed E-state index contributed by atoms with van der Waals surface area (Å²) in [7, 11) is 5.23. The Hall–Kier alpha value is -3.37. The van der Waals surface area contributed by atoms with Crippen molar-refractivity contribution in [3.63, 3.8) is 0 Å². The fraction of sp³-hybridized carbons (Fsp3) is 0.606. The van der Waals surface area contributed by atoms with Gasteiger partial charge in [-0.05, 0) is 75.8 Å². The first-order valence-corrected chi connectivity index (χ1v) is 15.4. The molecule has 5 rings (SSSR count). The molecule has 3 aliphatic rings. The van der Waals surface area contributed by atoms with Gasteiger partial charge in [0.2, 0.25) is 0 Å². The summed E-state index contributed by atoms with van der Waals surface area (Å²) >= 11 is 0. The smallest absolute Gasteiger partial charge is 0.410 e. The molecule has 1 atom stereocenters. The molecule has 234 valence electrons. The van der Waals surface area contributed by atoms with Crippen LogP contribution in [0.5, 0.6) is 11.5 Å². The van der Waals surface area contributed by atoms with Crippen LogP contribution in [-0.4, -0.2) is 103 Å². The molecule has 0 N–H and O–H groups in total. The van der Waals surface area contributed by atoms with Gasteiger partial charge in [-0.2, -0.15) is 0 Å². The van der Waals surface area contributed by atoms with E-state index in [1.165, 1.54) is 0 Å². The maximum atomic E-state index is 12.7. The molecule has 2 fully saturated rings. The van der Waals surface area contributed by atoms with Gasteiger partial charge in [0.1, 0.15) is 17.1 Å². The standard InChI is InChI=1S/C33H46N4O6/c1-33(2,3)43-32(39)37-15-10-24(11-16-37)42-23-8-13-36(14-9-23)21-28-29(40-5)17-22(18-30(28)41-6)27-20-35(4)31(38)26-19-34-12-7-25(26)27/h7,12,17-19,23-24,27H,8-11,13-16,20-21H2,1-6H3. The average molecular weight is 595 g/mol. The predicted octanol–water partition coefficient (Wildman–Crippen LogP) is 4.70. The number of carbonyl (C=O) groups is 2. The molecular formula is C33H46N4O6. The van der Waals surface area contributed by atoms with Crippen molar-refractivity contribution in [2.24, 2.45) is 0 Å². The number of fused-ring (bicyclic) bond motifs is 1. The first-order valence-electron chi connectivity index (χ1n) is 15.4. The minimum Gasteiger partial charge on any atom is -0.496 e. The lowest BCUT2D eigenvalue weighted by Gasteiger charge is -2.37. The molecule has 10 heteroatoms. The molecule has 43 heavy (non-hydrogen) atoms. The fourth-order valence-corrected chi connectivity index (χ4v) is 6.40. The molecule has 1 aromatic heterocycles. The lowest BCUT2D eigenvalue weighted by molar-refractivity contribution is -0.0669. The number of likely N-dealkylation sites (tertiary alicyclic amines) is 2. The molecule has 0 spiro atoms. The molecule has 0 aliphatic carbocycles. The molecule has 4 heterocycles. The largest absolute Gasteiger partial charge is 0.496 e. The van der Waals surface area contributed by atoms with Gasteiger partial charge in [-0.1, -0.05) is 0 Å². The zero-order valence-electron chi connectivity index (χ0n) is 26.4. The van der Waals surface area contributed by atoms with E-state index in [1.807, 2.05) is 33.9 Å². The van der Waals surface area contributed by atoms with Gasteiger partial charge in [0.05, 0.1) is 37.6 Å². The topological polar surface area (TPSA) is 93.7 Å². The number of carbonyl (C=O) groups excluding carboxylic acids is 2. The highest BCUT2D eigenvalue weighted by molar-refractivity contribution is 5.96. The number of pyridine rings is 1. The molecule has 0 radical (unpaired) electrons. The van der Waals surface area contributed by atoms with Crippen LogP contribution in [-0.2, 0) is 16.0 Å². The van der Waals surface area contributed by atoms with Gasteiger partial charge in [0.15, 0.2) is 0 Å². The van der Waals surface area contributed by atoms with Crippen LogP contribution in [0.3, 0.4) is 0 Å². The van der Waals surface area contributed by atoms with Crippen LogP contribution in [0.4, 0.5) is 4.79 Å². The first-order chi connectivity index (χ1) is 20.6. The summed E-state index contributed by atoms with van der Waals surface area (Å²) in [6.45, 7) is 10.2. The number of aromatic nitrogens is 1. The van der Waals surface area contributed by atoms with Crippen LogP contribution in [0.1, 0.15) is 79.4 Å². The lowest BCUT2D eigenvalue weighted by atomic mass is 9.84. The monoisotopic (exact) mass is 594 g/mol. The number of ether oxygens (including phenoxy) is 4.